The number of aryl methyl sites for hydroxylation is 1. The van der Waals surface area contributed by atoms with Crippen LogP contribution in [0.5, 0.6) is 0 Å². The van der Waals surface area contributed by atoms with Gasteiger partial charge in [-0.1, -0.05) is 24.3 Å². The third kappa shape index (κ3) is 2.44. The Morgan fingerprint density at radius 1 is 1.43 bits per heavy atom. The highest BCUT2D eigenvalue weighted by atomic mass is 16.5. The summed E-state index contributed by atoms with van der Waals surface area (Å²) in [5.74, 6) is 0.899. The SMILES string of the molecule is CCOC(=O)C1C2CC(Cc3ccccc3C)C(C#N)C21. The first-order chi connectivity index (χ1) is 10.2. The van der Waals surface area contributed by atoms with Crippen LogP contribution in [0.25, 0.3) is 0 Å². The zero-order chi connectivity index (χ0) is 15.0. The molecule has 0 saturated heterocycles. The maximum atomic E-state index is 11.9. The quantitative estimate of drug-likeness (QED) is 0.798. The highest BCUT2D eigenvalue weighted by Gasteiger charge is 2.65. The van der Waals surface area contributed by atoms with Crippen molar-refractivity contribution in [2.45, 2.75) is 26.7 Å². The Morgan fingerprint density at radius 2 is 2.19 bits per heavy atom. The molecule has 21 heavy (non-hydrogen) atoms. The van der Waals surface area contributed by atoms with Gasteiger partial charge in [0.25, 0.3) is 0 Å². The van der Waals surface area contributed by atoms with Crippen LogP contribution >= 0.6 is 0 Å². The molecule has 2 aliphatic carbocycles. The fourth-order valence-electron chi connectivity index (χ4n) is 4.10. The molecule has 0 bridgehead atoms. The number of hydrogen-bond acceptors (Lipinski definition) is 3. The fourth-order valence-corrected chi connectivity index (χ4v) is 4.10. The topological polar surface area (TPSA) is 50.1 Å². The van der Waals surface area contributed by atoms with Crippen molar-refractivity contribution < 1.29 is 9.53 Å². The summed E-state index contributed by atoms with van der Waals surface area (Å²) in [6, 6.07) is 10.8. The van der Waals surface area contributed by atoms with Gasteiger partial charge in [-0.25, -0.2) is 0 Å². The minimum Gasteiger partial charge on any atom is -0.466 e. The van der Waals surface area contributed by atoms with Gasteiger partial charge in [0.1, 0.15) is 0 Å². The molecule has 3 rings (SSSR count). The summed E-state index contributed by atoms with van der Waals surface area (Å²) in [5.41, 5.74) is 2.62. The number of hydrogen-bond donors (Lipinski definition) is 0. The van der Waals surface area contributed by atoms with Crippen molar-refractivity contribution in [3.63, 3.8) is 0 Å². The fraction of sp³-hybridized carbons (Fsp3) is 0.556. The van der Waals surface area contributed by atoms with Crippen molar-refractivity contribution in [2.75, 3.05) is 6.61 Å². The minimum atomic E-state index is -0.0953. The Balaban J connectivity index is 1.68. The highest BCUT2D eigenvalue weighted by molar-refractivity contribution is 5.77. The normalized spacial score (nSPS) is 33.1. The van der Waals surface area contributed by atoms with Crippen molar-refractivity contribution in [2.24, 2.45) is 29.6 Å². The van der Waals surface area contributed by atoms with E-state index in [1.807, 2.05) is 13.0 Å². The van der Waals surface area contributed by atoms with Gasteiger partial charge in [0.2, 0.25) is 0 Å². The minimum absolute atomic E-state index is 0.00372. The van der Waals surface area contributed by atoms with Crippen molar-refractivity contribution in [3.05, 3.63) is 35.4 Å². The summed E-state index contributed by atoms with van der Waals surface area (Å²) in [7, 11) is 0. The van der Waals surface area contributed by atoms with Gasteiger partial charge < -0.3 is 4.74 Å². The molecule has 2 saturated carbocycles. The van der Waals surface area contributed by atoms with Gasteiger partial charge in [-0.2, -0.15) is 5.26 Å². The zero-order valence-corrected chi connectivity index (χ0v) is 12.6. The van der Waals surface area contributed by atoms with Crippen molar-refractivity contribution in [1.29, 1.82) is 5.26 Å². The first-order valence-corrected chi connectivity index (χ1v) is 7.78. The largest absolute Gasteiger partial charge is 0.466 e. The summed E-state index contributed by atoms with van der Waals surface area (Å²) in [6.07, 6.45) is 1.94. The van der Waals surface area contributed by atoms with E-state index in [-0.39, 0.29) is 23.7 Å². The van der Waals surface area contributed by atoms with Crippen LogP contribution in [0.3, 0.4) is 0 Å². The molecule has 3 nitrogen and oxygen atoms in total. The van der Waals surface area contributed by atoms with Gasteiger partial charge in [0.05, 0.1) is 24.5 Å². The lowest BCUT2D eigenvalue weighted by molar-refractivity contribution is -0.145. The Hall–Kier alpha value is -1.82. The average Bonchev–Trinajstić information content (AvgIpc) is 3.05. The maximum absolute atomic E-state index is 11.9. The molecule has 0 spiro atoms. The van der Waals surface area contributed by atoms with Gasteiger partial charge in [-0.15, -0.1) is 0 Å². The maximum Gasteiger partial charge on any atom is 0.309 e. The molecule has 5 unspecified atom stereocenters. The van der Waals surface area contributed by atoms with Crippen LogP contribution in [0, 0.1) is 47.8 Å². The van der Waals surface area contributed by atoms with E-state index in [4.69, 9.17) is 4.74 Å². The van der Waals surface area contributed by atoms with Crippen LogP contribution in [0.15, 0.2) is 24.3 Å². The number of nitrogens with zero attached hydrogens (tertiary/aromatic N) is 1. The number of nitriles is 1. The second-order valence-electron chi connectivity index (χ2n) is 6.30. The van der Waals surface area contributed by atoms with Crippen LogP contribution in [0.1, 0.15) is 24.5 Å². The van der Waals surface area contributed by atoms with E-state index in [1.165, 1.54) is 11.1 Å². The molecule has 0 amide bonds. The highest BCUT2D eigenvalue weighted by Crippen LogP contribution is 2.63. The van der Waals surface area contributed by atoms with Crippen LogP contribution in [-0.4, -0.2) is 12.6 Å². The van der Waals surface area contributed by atoms with E-state index in [1.54, 1.807) is 0 Å². The summed E-state index contributed by atoms with van der Waals surface area (Å²) in [6.45, 7) is 4.38. The standard InChI is InChI=1S/C18H21NO2/c1-3-21-18(20)17-14-9-13(15(10-19)16(14)17)8-12-7-5-4-6-11(12)2/h4-7,13-17H,3,8-9H2,1-2H3. The third-order valence-corrected chi connectivity index (χ3v) is 5.18. The molecule has 5 atom stereocenters. The summed E-state index contributed by atoms with van der Waals surface area (Å²) >= 11 is 0. The Labute approximate surface area is 125 Å². The molecule has 2 fully saturated rings. The Kier molecular flexibility index (Phi) is 3.71. The predicted octanol–water partition coefficient (Wildman–Crippen LogP) is 3.12. The van der Waals surface area contributed by atoms with Crippen LogP contribution in [0.4, 0.5) is 0 Å². The van der Waals surface area contributed by atoms with Crippen molar-refractivity contribution in [3.8, 4) is 6.07 Å². The number of carbonyl (C=O) groups excluding carboxylic acids is 1. The number of benzene rings is 1. The lowest BCUT2D eigenvalue weighted by Crippen LogP contribution is -2.20. The molecular formula is C18H21NO2. The molecule has 0 radical (unpaired) electrons. The first kappa shape index (κ1) is 14.1. The Morgan fingerprint density at radius 3 is 2.86 bits per heavy atom. The second-order valence-corrected chi connectivity index (χ2v) is 6.30. The van der Waals surface area contributed by atoms with Crippen molar-refractivity contribution >= 4 is 5.97 Å². The molecule has 0 aromatic heterocycles. The van der Waals surface area contributed by atoms with Crippen LogP contribution < -0.4 is 0 Å². The van der Waals surface area contributed by atoms with Crippen molar-refractivity contribution in [1.82, 2.24) is 0 Å². The second kappa shape index (κ2) is 5.52. The van der Waals surface area contributed by atoms with Gasteiger partial charge in [-0.05, 0) is 55.6 Å². The summed E-state index contributed by atoms with van der Waals surface area (Å²) in [4.78, 5) is 11.9. The van der Waals surface area contributed by atoms with Gasteiger partial charge >= 0.3 is 5.97 Å². The van der Waals surface area contributed by atoms with Crippen LogP contribution in [0.2, 0.25) is 0 Å². The van der Waals surface area contributed by atoms with Crippen LogP contribution in [-0.2, 0) is 16.0 Å². The van der Waals surface area contributed by atoms with E-state index in [0.29, 0.717) is 18.4 Å². The molecule has 1 aromatic carbocycles. The molecule has 2 aliphatic rings. The summed E-state index contributed by atoms with van der Waals surface area (Å²) < 4.78 is 5.12. The molecule has 0 aliphatic heterocycles. The number of fused-ring (bicyclic) bond motifs is 1. The third-order valence-electron chi connectivity index (χ3n) is 5.18. The molecule has 1 aromatic rings. The zero-order valence-electron chi connectivity index (χ0n) is 12.6. The molecule has 0 N–H and O–H groups in total. The summed E-state index contributed by atoms with van der Waals surface area (Å²) in [5, 5.41) is 9.51. The number of carbonyl (C=O) groups is 1. The lowest BCUT2D eigenvalue weighted by atomic mass is 9.84. The van der Waals surface area contributed by atoms with E-state index in [0.717, 1.165) is 12.8 Å². The van der Waals surface area contributed by atoms with E-state index < -0.39 is 0 Å². The van der Waals surface area contributed by atoms with Gasteiger partial charge in [-0.3, -0.25) is 4.79 Å². The average molecular weight is 283 g/mol. The van der Waals surface area contributed by atoms with E-state index in [9.17, 15) is 10.1 Å². The van der Waals surface area contributed by atoms with E-state index in [2.05, 4.69) is 31.2 Å². The number of esters is 1. The molecule has 3 heteroatoms. The van der Waals surface area contributed by atoms with E-state index >= 15 is 0 Å². The van der Waals surface area contributed by atoms with Gasteiger partial charge in [0.15, 0.2) is 0 Å². The smallest absolute Gasteiger partial charge is 0.309 e. The molecular weight excluding hydrogens is 262 g/mol. The molecule has 0 heterocycles. The number of ether oxygens (including phenoxy) is 1. The lowest BCUT2D eigenvalue weighted by Gasteiger charge is -2.19. The Bertz CT molecular complexity index is 589. The predicted molar refractivity (Wildman–Crippen MR) is 79.2 cm³/mol. The monoisotopic (exact) mass is 283 g/mol. The molecule has 110 valence electrons. The first-order valence-electron chi connectivity index (χ1n) is 7.78. The number of rotatable bonds is 4. The van der Waals surface area contributed by atoms with Gasteiger partial charge in [0, 0.05) is 0 Å².